The molecule has 0 heterocycles. The molecule has 0 aromatic carbocycles. The third kappa shape index (κ3) is 4.24. The topological polar surface area (TPSA) is 57.5 Å². The van der Waals surface area contributed by atoms with Gasteiger partial charge in [0.25, 0.3) is 0 Å². The second kappa shape index (κ2) is 5.74. The highest BCUT2D eigenvalue weighted by Crippen LogP contribution is 2.46. The van der Waals surface area contributed by atoms with Crippen molar-refractivity contribution in [2.75, 3.05) is 6.16 Å². The number of hydrogen-bond acceptors (Lipinski definition) is 2. The van der Waals surface area contributed by atoms with Crippen LogP contribution in [0.1, 0.15) is 39.5 Å². The van der Waals surface area contributed by atoms with Crippen LogP contribution in [0.2, 0.25) is 0 Å². The Hall–Kier alpha value is 0.150. The Morgan fingerprint density at radius 3 is 2.33 bits per heavy atom. The van der Waals surface area contributed by atoms with Crippen molar-refractivity contribution < 1.29 is 14.6 Å². The molecule has 12 heavy (non-hydrogen) atoms. The molecule has 0 spiro atoms. The number of rotatable bonds is 6. The van der Waals surface area contributed by atoms with Gasteiger partial charge in [-0.25, -0.2) is 0 Å². The van der Waals surface area contributed by atoms with Gasteiger partial charge < -0.3 is 10.00 Å². The van der Waals surface area contributed by atoms with Crippen LogP contribution < -0.4 is 0 Å². The molecule has 0 saturated carbocycles. The largest absolute Gasteiger partial charge is 0.383 e. The summed E-state index contributed by atoms with van der Waals surface area (Å²) >= 11 is 0. The predicted molar refractivity (Wildman–Crippen MR) is 50.5 cm³/mol. The van der Waals surface area contributed by atoms with Gasteiger partial charge in [0.1, 0.15) is 5.85 Å². The van der Waals surface area contributed by atoms with Crippen molar-refractivity contribution in [3.63, 3.8) is 0 Å². The molecule has 3 nitrogen and oxygen atoms in total. The zero-order valence-electron chi connectivity index (χ0n) is 7.86. The Balaban J connectivity index is 3.71. The Labute approximate surface area is 74.3 Å². The van der Waals surface area contributed by atoms with Gasteiger partial charge in [0.05, 0.1) is 0 Å². The van der Waals surface area contributed by atoms with Crippen molar-refractivity contribution >= 4 is 7.37 Å². The van der Waals surface area contributed by atoms with E-state index in [1.807, 2.05) is 0 Å². The minimum absolute atomic E-state index is 0.167. The van der Waals surface area contributed by atoms with Gasteiger partial charge in [0, 0.05) is 6.16 Å². The molecular weight excluding hydrogens is 175 g/mol. The van der Waals surface area contributed by atoms with Crippen molar-refractivity contribution in [2.45, 2.75) is 45.4 Å². The number of aliphatic hydroxyl groups is 1. The number of unbranched alkanes of at least 4 members (excludes halogenated alkanes) is 2. The van der Waals surface area contributed by atoms with Crippen LogP contribution in [-0.2, 0) is 4.57 Å². The van der Waals surface area contributed by atoms with Gasteiger partial charge in [0.2, 0.25) is 7.37 Å². The van der Waals surface area contributed by atoms with E-state index in [2.05, 4.69) is 6.92 Å². The van der Waals surface area contributed by atoms with Crippen LogP contribution in [0.25, 0.3) is 0 Å². The molecule has 0 aromatic heterocycles. The zero-order chi connectivity index (χ0) is 9.61. The molecular formula is C8H19O3P. The van der Waals surface area contributed by atoms with Gasteiger partial charge in [-0.2, -0.15) is 0 Å². The van der Waals surface area contributed by atoms with Crippen LogP contribution in [0, 0.1) is 0 Å². The van der Waals surface area contributed by atoms with Gasteiger partial charge in [-0.3, -0.25) is 4.57 Å². The van der Waals surface area contributed by atoms with Gasteiger partial charge in [-0.15, -0.1) is 0 Å². The van der Waals surface area contributed by atoms with Crippen molar-refractivity contribution in [3.05, 3.63) is 0 Å². The molecule has 2 N–H and O–H groups in total. The summed E-state index contributed by atoms with van der Waals surface area (Å²) in [6.45, 7) is 3.69. The van der Waals surface area contributed by atoms with Crippen LogP contribution in [0.3, 0.4) is 0 Å². The Morgan fingerprint density at radius 2 is 1.92 bits per heavy atom. The highest BCUT2D eigenvalue weighted by Gasteiger charge is 2.25. The van der Waals surface area contributed by atoms with Gasteiger partial charge in [-0.05, 0) is 6.42 Å². The van der Waals surface area contributed by atoms with Gasteiger partial charge in [-0.1, -0.05) is 33.1 Å². The molecule has 74 valence electrons. The lowest BCUT2D eigenvalue weighted by Gasteiger charge is -2.15. The molecule has 2 atom stereocenters. The van der Waals surface area contributed by atoms with Crippen LogP contribution in [0.5, 0.6) is 0 Å². The Bertz CT molecular complexity index is 158. The first kappa shape index (κ1) is 12.2. The first-order valence-electron chi connectivity index (χ1n) is 4.54. The first-order chi connectivity index (χ1) is 5.54. The maximum absolute atomic E-state index is 11.2. The summed E-state index contributed by atoms with van der Waals surface area (Å²) in [5, 5.41) is 9.29. The fraction of sp³-hybridized carbons (Fsp3) is 1.00. The molecule has 0 aliphatic heterocycles. The molecule has 0 aromatic rings. The van der Waals surface area contributed by atoms with E-state index < -0.39 is 13.2 Å². The monoisotopic (exact) mass is 194 g/mol. The smallest absolute Gasteiger partial charge is 0.227 e. The summed E-state index contributed by atoms with van der Waals surface area (Å²) in [6.07, 6.45) is 3.54. The second-order valence-corrected chi connectivity index (χ2v) is 5.79. The highest BCUT2D eigenvalue weighted by molar-refractivity contribution is 7.58. The maximum Gasteiger partial charge on any atom is 0.227 e. The van der Waals surface area contributed by atoms with Crippen molar-refractivity contribution in [2.24, 2.45) is 0 Å². The van der Waals surface area contributed by atoms with Crippen LogP contribution in [-0.4, -0.2) is 22.0 Å². The Morgan fingerprint density at radius 1 is 1.33 bits per heavy atom. The highest BCUT2D eigenvalue weighted by atomic mass is 31.2. The average molecular weight is 194 g/mol. The van der Waals surface area contributed by atoms with E-state index in [1.165, 1.54) is 0 Å². The molecule has 1 unspecified atom stereocenters. The summed E-state index contributed by atoms with van der Waals surface area (Å²) in [6, 6.07) is 0. The van der Waals surface area contributed by atoms with E-state index in [0.29, 0.717) is 6.42 Å². The lowest BCUT2D eigenvalue weighted by Crippen LogP contribution is -2.08. The molecule has 0 bridgehead atoms. The minimum atomic E-state index is -3.25. The fourth-order valence-corrected chi connectivity index (χ4v) is 2.00. The zero-order valence-corrected chi connectivity index (χ0v) is 8.76. The van der Waals surface area contributed by atoms with Gasteiger partial charge in [0.15, 0.2) is 0 Å². The predicted octanol–water partition coefficient (Wildman–Crippen LogP) is 2.18. The van der Waals surface area contributed by atoms with E-state index >= 15 is 0 Å². The fourth-order valence-electron chi connectivity index (χ4n) is 0.989. The third-order valence-corrected chi connectivity index (χ3v) is 4.08. The van der Waals surface area contributed by atoms with Crippen molar-refractivity contribution in [1.29, 1.82) is 0 Å². The molecule has 0 amide bonds. The van der Waals surface area contributed by atoms with E-state index in [-0.39, 0.29) is 6.16 Å². The SMILES string of the molecule is CCCCC[C@@H](O)P(=O)(O)CC. The van der Waals surface area contributed by atoms with E-state index in [0.717, 1.165) is 19.3 Å². The van der Waals surface area contributed by atoms with E-state index in [1.54, 1.807) is 6.92 Å². The van der Waals surface area contributed by atoms with Crippen molar-refractivity contribution in [1.82, 2.24) is 0 Å². The summed E-state index contributed by atoms with van der Waals surface area (Å²) < 4.78 is 11.2. The molecule has 4 heteroatoms. The summed E-state index contributed by atoms with van der Waals surface area (Å²) in [5.41, 5.74) is 0. The molecule has 0 saturated heterocycles. The normalized spacial score (nSPS) is 18.7. The standard InChI is InChI=1S/C8H19O3P/c1-3-5-6-7-8(9)12(10,11)4-2/h8-9H,3-7H2,1-2H3,(H,10,11)/t8-/m0/s1. The van der Waals surface area contributed by atoms with Crippen molar-refractivity contribution in [3.8, 4) is 0 Å². The first-order valence-corrected chi connectivity index (χ1v) is 6.45. The molecule has 0 rings (SSSR count). The summed E-state index contributed by atoms with van der Waals surface area (Å²) in [5.74, 6) is -1.01. The second-order valence-electron chi connectivity index (χ2n) is 3.05. The van der Waals surface area contributed by atoms with Crippen LogP contribution in [0.4, 0.5) is 0 Å². The minimum Gasteiger partial charge on any atom is -0.383 e. The summed E-state index contributed by atoms with van der Waals surface area (Å²) in [7, 11) is -3.25. The average Bonchev–Trinajstić information content (AvgIpc) is 2.05. The summed E-state index contributed by atoms with van der Waals surface area (Å²) in [4.78, 5) is 9.20. The Kier molecular flexibility index (Phi) is 5.81. The number of hydrogen-bond donors (Lipinski definition) is 2. The number of aliphatic hydroxyl groups excluding tert-OH is 1. The van der Waals surface area contributed by atoms with Crippen LogP contribution >= 0.6 is 7.37 Å². The van der Waals surface area contributed by atoms with E-state index in [9.17, 15) is 14.6 Å². The third-order valence-electron chi connectivity index (χ3n) is 1.98. The molecule has 0 radical (unpaired) electrons. The maximum atomic E-state index is 11.2. The van der Waals surface area contributed by atoms with E-state index in [4.69, 9.17) is 0 Å². The molecule has 0 aliphatic rings. The quantitative estimate of drug-likeness (QED) is 0.503. The van der Waals surface area contributed by atoms with Gasteiger partial charge >= 0.3 is 0 Å². The lowest BCUT2D eigenvalue weighted by molar-refractivity contribution is 0.216. The lowest BCUT2D eigenvalue weighted by atomic mass is 10.2. The molecule has 0 fully saturated rings. The van der Waals surface area contributed by atoms with Crippen LogP contribution in [0.15, 0.2) is 0 Å². The molecule has 0 aliphatic carbocycles.